The molecule has 0 radical (unpaired) electrons. The van der Waals surface area contributed by atoms with Crippen molar-refractivity contribution in [1.82, 2.24) is 14.5 Å². The Kier molecular flexibility index (Phi) is 6.64. The van der Waals surface area contributed by atoms with Gasteiger partial charge in [-0.3, -0.25) is 0 Å². The van der Waals surface area contributed by atoms with Crippen molar-refractivity contribution >= 4 is 28.5 Å². The van der Waals surface area contributed by atoms with E-state index in [1.807, 2.05) is 12.1 Å². The summed E-state index contributed by atoms with van der Waals surface area (Å²) >= 11 is 6.64. The minimum atomic E-state index is -0.683. The van der Waals surface area contributed by atoms with Crippen LogP contribution in [0.2, 0.25) is 5.02 Å². The largest absolute Gasteiger partial charge is 0.507 e. The fraction of sp³-hybridized carbons (Fsp3) is 0.296. The van der Waals surface area contributed by atoms with Gasteiger partial charge in [0.05, 0.1) is 27.4 Å². The van der Waals surface area contributed by atoms with Gasteiger partial charge in [-0.2, -0.15) is 4.98 Å². The summed E-state index contributed by atoms with van der Waals surface area (Å²) in [5, 5.41) is 20.7. The van der Waals surface area contributed by atoms with Gasteiger partial charge >= 0.3 is 5.69 Å². The number of halogens is 2. The molecule has 36 heavy (non-hydrogen) atoms. The lowest BCUT2D eigenvalue weighted by molar-refractivity contribution is 0.299. The number of fused-ring (bicyclic) bond motifs is 1. The zero-order valence-electron chi connectivity index (χ0n) is 19.8. The predicted molar refractivity (Wildman–Crippen MR) is 139 cm³/mol. The number of hydrogen-bond donors (Lipinski definition) is 2. The van der Waals surface area contributed by atoms with Gasteiger partial charge in [-0.15, -0.1) is 0 Å². The second-order valence-electron chi connectivity index (χ2n) is 9.02. The van der Waals surface area contributed by atoms with E-state index in [9.17, 15) is 19.4 Å². The van der Waals surface area contributed by atoms with Gasteiger partial charge in [0.2, 0.25) is 0 Å². The van der Waals surface area contributed by atoms with E-state index in [1.165, 1.54) is 22.8 Å². The summed E-state index contributed by atoms with van der Waals surface area (Å²) in [5.74, 6) is -0.508. The number of para-hydroxylation sites is 1. The number of anilines is 1. The fourth-order valence-corrected chi connectivity index (χ4v) is 5.18. The van der Waals surface area contributed by atoms with E-state index >= 15 is 0 Å². The molecule has 1 aliphatic heterocycles. The van der Waals surface area contributed by atoms with Crippen LogP contribution in [0.5, 0.6) is 5.75 Å². The number of benzene rings is 2. The van der Waals surface area contributed by atoms with E-state index in [1.54, 1.807) is 18.2 Å². The van der Waals surface area contributed by atoms with Gasteiger partial charge in [0.1, 0.15) is 17.4 Å². The van der Waals surface area contributed by atoms with Crippen molar-refractivity contribution in [3.8, 4) is 22.7 Å². The average Bonchev–Trinajstić information content (AvgIpc) is 2.85. The maximum atomic E-state index is 14.8. The third kappa shape index (κ3) is 4.20. The number of hydrogen-bond acceptors (Lipinski definition) is 6. The Morgan fingerprint density at radius 1 is 1.14 bits per heavy atom. The van der Waals surface area contributed by atoms with Crippen LogP contribution in [-0.4, -0.2) is 43.9 Å². The summed E-state index contributed by atoms with van der Waals surface area (Å²) in [6.07, 6.45) is 3.35. The van der Waals surface area contributed by atoms with Crippen molar-refractivity contribution in [1.29, 1.82) is 0 Å². The Balaban J connectivity index is 1.87. The van der Waals surface area contributed by atoms with Crippen LogP contribution in [0.25, 0.3) is 28.0 Å². The number of aliphatic hydroxyl groups excluding tert-OH is 1. The third-order valence-electron chi connectivity index (χ3n) is 6.72. The molecule has 5 rings (SSSR count). The molecular formula is C27H26ClFN4O3. The van der Waals surface area contributed by atoms with Gasteiger partial charge in [-0.25, -0.2) is 18.7 Å². The van der Waals surface area contributed by atoms with E-state index in [-0.39, 0.29) is 40.3 Å². The lowest BCUT2D eigenvalue weighted by atomic mass is 10.0. The first-order chi connectivity index (χ1) is 17.4. The van der Waals surface area contributed by atoms with E-state index in [4.69, 9.17) is 11.6 Å². The molecule has 2 N–H and O–H groups in total. The predicted octanol–water partition coefficient (Wildman–Crippen LogP) is 4.86. The first-order valence-corrected chi connectivity index (χ1v) is 12.4. The molecule has 2 aromatic heterocycles. The van der Waals surface area contributed by atoms with Crippen LogP contribution in [0.4, 0.5) is 10.2 Å². The summed E-state index contributed by atoms with van der Waals surface area (Å²) in [6, 6.07) is 13.0. The van der Waals surface area contributed by atoms with Crippen LogP contribution in [0.1, 0.15) is 31.7 Å². The lowest BCUT2D eigenvalue weighted by Crippen LogP contribution is -2.40. The summed E-state index contributed by atoms with van der Waals surface area (Å²) in [7, 11) is 0. The Hall–Kier alpha value is -3.49. The molecule has 2 aromatic carbocycles. The topological polar surface area (TPSA) is 91.5 Å². The molecule has 0 unspecified atom stereocenters. The molecular weight excluding hydrogens is 483 g/mol. The minimum absolute atomic E-state index is 0.0244. The summed E-state index contributed by atoms with van der Waals surface area (Å²) in [6.45, 7) is 2.73. The molecule has 3 heterocycles. The summed E-state index contributed by atoms with van der Waals surface area (Å²) < 4.78 is 16.2. The number of piperidine rings is 1. The van der Waals surface area contributed by atoms with Crippen LogP contribution in [0, 0.1) is 5.82 Å². The Morgan fingerprint density at radius 2 is 1.94 bits per heavy atom. The van der Waals surface area contributed by atoms with Gasteiger partial charge in [0, 0.05) is 19.2 Å². The fourth-order valence-electron chi connectivity index (χ4n) is 4.94. The van der Waals surface area contributed by atoms with Gasteiger partial charge in [-0.05, 0) is 62.4 Å². The monoisotopic (exact) mass is 508 g/mol. The average molecular weight is 509 g/mol. The maximum absolute atomic E-state index is 14.8. The number of aromatic hydroxyl groups is 1. The van der Waals surface area contributed by atoms with Crippen LogP contribution in [0.3, 0.4) is 0 Å². The molecule has 0 saturated carbocycles. The molecule has 0 bridgehead atoms. The summed E-state index contributed by atoms with van der Waals surface area (Å²) in [5.41, 5.74) is 0.838. The third-order valence-corrected chi connectivity index (χ3v) is 7.01. The van der Waals surface area contributed by atoms with Crippen LogP contribution in [-0.2, 0) is 6.42 Å². The number of rotatable bonds is 5. The van der Waals surface area contributed by atoms with Crippen LogP contribution in [0.15, 0.2) is 53.3 Å². The molecule has 7 nitrogen and oxygen atoms in total. The molecule has 0 aliphatic carbocycles. The number of aliphatic hydroxyl groups is 1. The standard InChI is InChI=1S/C27H26ClFN4O3/c1-16-7-4-5-13-32(16)25-18-15-19(28)24(23-20(29)9-6-11-22(23)35)30-26(18)33(27(36)31-25)21-10-3-2-8-17(21)12-14-34/h2-3,6,8-11,15-16,34-35H,4-5,7,12-14H2,1H3/t16-/m0/s1. The molecule has 9 heteroatoms. The van der Waals surface area contributed by atoms with E-state index < -0.39 is 11.5 Å². The molecule has 0 spiro atoms. The molecule has 1 fully saturated rings. The Bertz CT molecular complexity index is 1490. The highest BCUT2D eigenvalue weighted by Gasteiger charge is 2.26. The van der Waals surface area contributed by atoms with E-state index in [0.29, 0.717) is 23.3 Å². The Morgan fingerprint density at radius 3 is 2.69 bits per heavy atom. The van der Waals surface area contributed by atoms with Crippen LogP contribution >= 0.6 is 11.6 Å². The van der Waals surface area contributed by atoms with E-state index in [0.717, 1.165) is 31.4 Å². The molecule has 1 saturated heterocycles. The lowest BCUT2D eigenvalue weighted by Gasteiger charge is -2.35. The van der Waals surface area contributed by atoms with E-state index in [2.05, 4.69) is 21.8 Å². The smallest absolute Gasteiger partial charge is 0.355 e. The minimum Gasteiger partial charge on any atom is -0.507 e. The molecule has 186 valence electrons. The number of nitrogens with zero attached hydrogens (tertiary/aromatic N) is 4. The van der Waals surface area contributed by atoms with Crippen molar-refractivity contribution in [3.05, 3.63) is 75.4 Å². The highest BCUT2D eigenvalue weighted by atomic mass is 35.5. The first-order valence-electron chi connectivity index (χ1n) is 12.0. The first kappa shape index (κ1) is 24.2. The summed E-state index contributed by atoms with van der Waals surface area (Å²) in [4.78, 5) is 24.9. The molecule has 0 amide bonds. The van der Waals surface area contributed by atoms with Crippen molar-refractivity contribution in [2.24, 2.45) is 0 Å². The SMILES string of the molecule is C[C@H]1CCCCN1c1nc(=O)n(-c2ccccc2CCO)c2nc(-c3c(O)cccc3F)c(Cl)cc12. The van der Waals surface area contributed by atoms with Gasteiger partial charge in [0.15, 0.2) is 5.65 Å². The highest BCUT2D eigenvalue weighted by Crippen LogP contribution is 2.39. The van der Waals surface area contributed by atoms with Crippen molar-refractivity contribution in [2.45, 2.75) is 38.6 Å². The number of aromatic nitrogens is 3. The zero-order valence-corrected chi connectivity index (χ0v) is 20.5. The highest BCUT2D eigenvalue weighted by molar-refractivity contribution is 6.34. The normalized spacial score (nSPS) is 16.0. The van der Waals surface area contributed by atoms with Crippen molar-refractivity contribution in [2.75, 3.05) is 18.1 Å². The molecule has 1 atom stereocenters. The molecule has 4 aromatic rings. The number of phenols is 1. The van der Waals surface area contributed by atoms with Gasteiger partial charge in [-0.1, -0.05) is 35.9 Å². The number of pyridine rings is 1. The van der Waals surface area contributed by atoms with Crippen molar-refractivity contribution in [3.63, 3.8) is 0 Å². The van der Waals surface area contributed by atoms with Gasteiger partial charge in [0.25, 0.3) is 0 Å². The quantitative estimate of drug-likeness (QED) is 0.400. The zero-order chi connectivity index (χ0) is 25.4. The van der Waals surface area contributed by atoms with Gasteiger partial charge < -0.3 is 15.1 Å². The number of phenolic OH excluding ortho intramolecular Hbond substituents is 1. The molecule has 1 aliphatic rings. The van der Waals surface area contributed by atoms with Crippen molar-refractivity contribution < 1.29 is 14.6 Å². The van der Waals surface area contributed by atoms with Crippen LogP contribution < -0.4 is 10.6 Å². The maximum Gasteiger partial charge on any atom is 0.355 e. The Labute approximate surface area is 212 Å². The second kappa shape index (κ2) is 9.87. The second-order valence-corrected chi connectivity index (χ2v) is 9.43.